The van der Waals surface area contributed by atoms with Gasteiger partial charge in [-0.1, -0.05) is 58.3 Å². The standard InChI is InChI=1S/C17H35NO5/c1-3-4-5-6-7-8-9-10-11-12-18-17(23)16(22)15(21)14(20)13(2)19/h13-16,19-22H,3-12H2,1-2H3,(H,18,23)/t13-,14-,15-,16+/m1/s1. The van der Waals surface area contributed by atoms with E-state index in [-0.39, 0.29) is 0 Å². The van der Waals surface area contributed by atoms with Crippen LogP contribution in [-0.2, 0) is 4.79 Å². The topological polar surface area (TPSA) is 110 Å². The third-order valence-electron chi connectivity index (χ3n) is 4.02. The SMILES string of the molecule is CCCCCCCCCCCNC(=O)[C@@H](O)[C@H](O)[C@H](O)[C@@H](C)O. The molecule has 0 unspecified atom stereocenters. The fourth-order valence-corrected chi connectivity index (χ4v) is 2.38. The van der Waals surface area contributed by atoms with E-state index in [0.717, 1.165) is 19.3 Å². The van der Waals surface area contributed by atoms with E-state index in [1.807, 2.05) is 0 Å². The summed E-state index contributed by atoms with van der Waals surface area (Å²) in [6.07, 6.45) is 4.40. The first kappa shape index (κ1) is 22.3. The molecule has 0 heterocycles. The number of aliphatic hydroxyl groups is 4. The van der Waals surface area contributed by atoms with E-state index < -0.39 is 30.3 Å². The maximum atomic E-state index is 11.6. The number of rotatable bonds is 14. The molecule has 4 atom stereocenters. The molecule has 6 nitrogen and oxygen atoms in total. The summed E-state index contributed by atoms with van der Waals surface area (Å²) in [5.41, 5.74) is 0. The molecule has 0 aliphatic rings. The summed E-state index contributed by atoms with van der Waals surface area (Å²) in [6, 6.07) is 0. The summed E-state index contributed by atoms with van der Waals surface area (Å²) >= 11 is 0. The minimum Gasteiger partial charge on any atom is -0.391 e. The van der Waals surface area contributed by atoms with Gasteiger partial charge in [-0.3, -0.25) is 4.79 Å². The summed E-state index contributed by atoms with van der Waals surface area (Å²) in [5, 5.41) is 40.3. The molecule has 0 spiro atoms. The van der Waals surface area contributed by atoms with Crippen molar-refractivity contribution < 1.29 is 25.2 Å². The molecule has 0 saturated carbocycles. The van der Waals surface area contributed by atoms with Crippen molar-refractivity contribution >= 4 is 5.91 Å². The lowest BCUT2D eigenvalue weighted by Gasteiger charge is -2.24. The maximum absolute atomic E-state index is 11.6. The van der Waals surface area contributed by atoms with Gasteiger partial charge in [0.15, 0.2) is 6.10 Å². The zero-order valence-electron chi connectivity index (χ0n) is 14.6. The van der Waals surface area contributed by atoms with Crippen molar-refractivity contribution in [2.24, 2.45) is 0 Å². The van der Waals surface area contributed by atoms with Gasteiger partial charge in [-0.25, -0.2) is 0 Å². The Bertz CT molecular complexity index is 299. The first-order chi connectivity index (χ1) is 10.9. The Labute approximate surface area is 139 Å². The van der Waals surface area contributed by atoms with Gasteiger partial charge in [-0.2, -0.15) is 0 Å². The van der Waals surface area contributed by atoms with Crippen molar-refractivity contribution in [2.75, 3.05) is 6.54 Å². The highest BCUT2D eigenvalue weighted by Crippen LogP contribution is 2.09. The molecule has 0 fully saturated rings. The van der Waals surface area contributed by atoms with E-state index in [0.29, 0.717) is 6.54 Å². The van der Waals surface area contributed by atoms with Crippen LogP contribution in [0.5, 0.6) is 0 Å². The Hall–Kier alpha value is -0.690. The third-order valence-corrected chi connectivity index (χ3v) is 4.02. The molecule has 0 saturated heterocycles. The minimum absolute atomic E-state index is 0.434. The van der Waals surface area contributed by atoms with Crippen molar-refractivity contribution in [3.63, 3.8) is 0 Å². The van der Waals surface area contributed by atoms with Crippen LogP contribution in [0.3, 0.4) is 0 Å². The van der Waals surface area contributed by atoms with Crippen molar-refractivity contribution in [3.05, 3.63) is 0 Å². The van der Waals surface area contributed by atoms with Gasteiger partial charge < -0.3 is 25.7 Å². The number of hydrogen-bond acceptors (Lipinski definition) is 5. The largest absolute Gasteiger partial charge is 0.391 e. The molecule has 138 valence electrons. The molecule has 1 amide bonds. The number of amides is 1. The summed E-state index contributed by atoms with van der Waals surface area (Å²) in [7, 11) is 0. The third kappa shape index (κ3) is 10.7. The molecule has 23 heavy (non-hydrogen) atoms. The Balaban J connectivity index is 3.63. The van der Waals surface area contributed by atoms with Gasteiger partial charge in [-0.15, -0.1) is 0 Å². The highest BCUT2D eigenvalue weighted by molar-refractivity contribution is 5.81. The second-order valence-electron chi connectivity index (χ2n) is 6.29. The van der Waals surface area contributed by atoms with Crippen molar-refractivity contribution in [3.8, 4) is 0 Å². The number of carbonyl (C=O) groups excluding carboxylic acids is 1. The Morgan fingerprint density at radius 2 is 1.30 bits per heavy atom. The first-order valence-corrected chi connectivity index (χ1v) is 8.91. The number of hydrogen-bond donors (Lipinski definition) is 5. The quantitative estimate of drug-likeness (QED) is 0.306. The second-order valence-corrected chi connectivity index (χ2v) is 6.29. The minimum atomic E-state index is -1.74. The molecule has 0 aliphatic heterocycles. The molecule has 0 aliphatic carbocycles. The monoisotopic (exact) mass is 333 g/mol. The van der Waals surface area contributed by atoms with Gasteiger partial charge in [0.1, 0.15) is 12.2 Å². The number of unbranched alkanes of at least 4 members (excludes halogenated alkanes) is 8. The van der Waals surface area contributed by atoms with Crippen molar-refractivity contribution in [1.82, 2.24) is 5.32 Å². The van der Waals surface area contributed by atoms with Crippen LogP contribution in [0, 0.1) is 0 Å². The molecule has 0 bridgehead atoms. The first-order valence-electron chi connectivity index (χ1n) is 8.91. The van der Waals surface area contributed by atoms with Gasteiger partial charge in [-0.05, 0) is 13.3 Å². The predicted molar refractivity (Wildman–Crippen MR) is 89.9 cm³/mol. The van der Waals surface area contributed by atoms with Gasteiger partial charge in [0.25, 0.3) is 5.91 Å². The van der Waals surface area contributed by atoms with Crippen LogP contribution in [0.1, 0.15) is 71.6 Å². The van der Waals surface area contributed by atoms with Gasteiger partial charge in [0, 0.05) is 6.54 Å². The van der Waals surface area contributed by atoms with Crippen LogP contribution in [0.2, 0.25) is 0 Å². The van der Waals surface area contributed by atoms with E-state index in [2.05, 4.69) is 12.2 Å². The fourth-order valence-electron chi connectivity index (χ4n) is 2.38. The summed E-state index contributed by atoms with van der Waals surface area (Å²) in [6.45, 7) is 3.92. The van der Waals surface area contributed by atoms with E-state index >= 15 is 0 Å². The molecule has 0 aromatic heterocycles. The van der Waals surface area contributed by atoms with Crippen molar-refractivity contribution in [2.45, 2.75) is 96.1 Å². The van der Waals surface area contributed by atoms with Crippen LogP contribution >= 0.6 is 0 Å². The van der Waals surface area contributed by atoms with Crippen LogP contribution < -0.4 is 5.32 Å². The van der Waals surface area contributed by atoms with Crippen LogP contribution in [0.4, 0.5) is 0 Å². The number of aliphatic hydroxyl groups excluding tert-OH is 4. The summed E-state index contributed by atoms with van der Waals surface area (Å²) in [4.78, 5) is 11.6. The maximum Gasteiger partial charge on any atom is 0.251 e. The van der Waals surface area contributed by atoms with E-state index in [9.17, 15) is 20.1 Å². The molecule has 0 radical (unpaired) electrons. The fraction of sp³-hybridized carbons (Fsp3) is 0.941. The zero-order valence-corrected chi connectivity index (χ0v) is 14.6. The van der Waals surface area contributed by atoms with E-state index in [1.54, 1.807) is 0 Å². The molecule has 6 heteroatoms. The lowest BCUT2D eigenvalue weighted by atomic mass is 10.0. The van der Waals surface area contributed by atoms with Gasteiger partial charge in [0.05, 0.1) is 6.10 Å². The smallest absolute Gasteiger partial charge is 0.251 e. The normalized spacial score (nSPS) is 16.6. The number of nitrogens with one attached hydrogen (secondary N) is 1. The van der Waals surface area contributed by atoms with Crippen LogP contribution in [0.25, 0.3) is 0 Å². The Morgan fingerprint density at radius 1 is 0.826 bits per heavy atom. The number of carbonyl (C=O) groups is 1. The van der Waals surface area contributed by atoms with Crippen LogP contribution in [-0.4, -0.2) is 57.3 Å². The lowest BCUT2D eigenvalue weighted by Crippen LogP contribution is -2.50. The second kappa shape index (κ2) is 13.7. The summed E-state index contributed by atoms with van der Waals surface area (Å²) < 4.78 is 0. The molecule has 0 aromatic carbocycles. The predicted octanol–water partition coefficient (Wildman–Crippen LogP) is 1.10. The van der Waals surface area contributed by atoms with E-state index in [4.69, 9.17) is 5.11 Å². The Kier molecular flexibility index (Phi) is 13.3. The summed E-state index contributed by atoms with van der Waals surface area (Å²) in [5.74, 6) is -0.725. The lowest BCUT2D eigenvalue weighted by molar-refractivity contribution is -0.145. The Morgan fingerprint density at radius 3 is 1.78 bits per heavy atom. The average molecular weight is 333 g/mol. The molecular formula is C17H35NO5. The van der Waals surface area contributed by atoms with E-state index in [1.165, 1.54) is 45.4 Å². The van der Waals surface area contributed by atoms with Gasteiger partial charge in [0.2, 0.25) is 0 Å². The van der Waals surface area contributed by atoms with Gasteiger partial charge >= 0.3 is 0 Å². The van der Waals surface area contributed by atoms with Crippen molar-refractivity contribution in [1.29, 1.82) is 0 Å². The molecule has 0 rings (SSSR count). The molecule has 0 aromatic rings. The highest BCUT2D eigenvalue weighted by atomic mass is 16.4. The highest BCUT2D eigenvalue weighted by Gasteiger charge is 2.32. The van der Waals surface area contributed by atoms with Crippen LogP contribution in [0.15, 0.2) is 0 Å². The molecular weight excluding hydrogens is 298 g/mol. The molecule has 5 N–H and O–H groups in total. The zero-order chi connectivity index (χ0) is 17.7. The average Bonchev–Trinajstić information content (AvgIpc) is 2.54.